The highest BCUT2D eigenvalue weighted by atomic mass is 35.5. The van der Waals surface area contributed by atoms with Crippen molar-refractivity contribution >= 4 is 11.6 Å². The van der Waals surface area contributed by atoms with Gasteiger partial charge in [0.25, 0.3) is 0 Å². The zero-order chi connectivity index (χ0) is 13.0. The summed E-state index contributed by atoms with van der Waals surface area (Å²) in [5.74, 6) is 0. The van der Waals surface area contributed by atoms with Crippen molar-refractivity contribution in [1.29, 1.82) is 0 Å². The second-order valence-corrected chi connectivity index (χ2v) is 4.66. The summed E-state index contributed by atoms with van der Waals surface area (Å²) < 4.78 is 0. The third kappa shape index (κ3) is 3.09. The molecule has 0 saturated carbocycles. The Balaban J connectivity index is 2.25. The first kappa shape index (κ1) is 13.1. The highest BCUT2D eigenvalue weighted by Gasteiger charge is 2.03. The summed E-state index contributed by atoms with van der Waals surface area (Å²) in [6.45, 7) is 5.99. The van der Waals surface area contributed by atoms with Crippen molar-refractivity contribution in [3.8, 4) is 11.3 Å². The van der Waals surface area contributed by atoms with Gasteiger partial charge in [-0.25, -0.2) is 0 Å². The van der Waals surface area contributed by atoms with Crippen molar-refractivity contribution in [2.24, 2.45) is 0 Å². The molecule has 0 saturated heterocycles. The summed E-state index contributed by atoms with van der Waals surface area (Å²) >= 11 is 5.88. The quantitative estimate of drug-likeness (QED) is 0.904. The van der Waals surface area contributed by atoms with Crippen molar-refractivity contribution in [1.82, 2.24) is 10.3 Å². The lowest BCUT2D eigenvalue weighted by molar-refractivity contribution is 0.720. The van der Waals surface area contributed by atoms with E-state index < -0.39 is 0 Å². The first-order valence-electron chi connectivity index (χ1n) is 6.14. The Morgan fingerprint density at radius 3 is 2.44 bits per heavy atom. The molecule has 0 amide bonds. The number of hydrogen-bond acceptors (Lipinski definition) is 2. The number of rotatable bonds is 4. The Morgan fingerprint density at radius 2 is 1.83 bits per heavy atom. The highest BCUT2D eigenvalue weighted by molar-refractivity contribution is 6.30. The minimum absolute atomic E-state index is 0.749. The lowest BCUT2D eigenvalue weighted by Gasteiger charge is -2.08. The van der Waals surface area contributed by atoms with Gasteiger partial charge in [-0.05, 0) is 37.2 Å². The molecule has 0 radical (unpaired) electrons. The van der Waals surface area contributed by atoms with Crippen LogP contribution in [0.3, 0.4) is 0 Å². The average molecular weight is 261 g/mol. The van der Waals surface area contributed by atoms with E-state index in [0.29, 0.717) is 0 Å². The number of nitrogens with one attached hydrogen (secondary N) is 1. The fourth-order valence-electron chi connectivity index (χ4n) is 1.82. The minimum atomic E-state index is 0.749. The van der Waals surface area contributed by atoms with Gasteiger partial charge in [-0.1, -0.05) is 36.7 Å². The molecular weight excluding hydrogens is 244 g/mol. The Morgan fingerprint density at radius 1 is 1.11 bits per heavy atom. The molecule has 0 aliphatic carbocycles. The van der Waals surface area contributed by atoms with Crippen LogP contribution in [0.4, 0.5) is 0 Å². The second-order valence-electron chi connectivity index (χ2n) is 4.23. The summed E-state index contributed by atoms with van der Waals surface area (Å²) in [4.78, 5) is 4.64. The zero-order valence-electron chi connectivity index (χ0n) is 10.7. The zero-order valence-corrected chi connectivity index (χ0v) is 11.5. The van der Waals surface area contributed by atoms with E-state index in [9.17, 15) is 0 Å². The van der Waals surface area contributed by atoms with Crippen molar-refractivity contribution in [3.63, 3.8) is 0 Å². The molecule has 0 bridgehead atoms. The molecule has 2 rings (SSSR count). The summed E-state index contributed by atoms with van der Waals surface area (Å²) in [5, 5.41) is 4.06. The number of pyridine rings is 1. The van der Waals surface area contributed by atoms with E-state index in [1.54, 1.807) is 0 Å². The third-order valence-electron chi connectivity index (χ3n) is 2.90. The Kier molecular flexibility index (Phi) is 4.34. The maximum absolute atomic E-state index is 5.88. The Hall–Kier alpha value is -1.38. The summed E-state index contributed by atoms with van der Waals surface area (Å²) in [6, 6.07) is 12.0. The predicted octanol–water partition coefficient (Wildman–Crippen LogP) is 3.82. The minimum Gasteiger partial charge on any atom is -0.313 e. The van der Waals surface area contributed by atoms with E-state index in [1.165, 1.54) is 5.56 Å². The highest BCUT2D eigenvalue weighted by Crippen LogP contribution is 2.21. The topological polar surface area (TPSA) is 24.9 Å². The lowest BCUT2D eigenvalue weighted by atomic mass is 10.1. The fourth-order valence-corrected chi connectivity index (χ4v) is 1.94. The van der Waals surface area contributed by atoms with Crippen LogP contribution < -0.4 is 5.32 Å². The second kappa shape index (κ2) is 5.98. The van der Waals surface area contributed by atoms with E-state index in [4.69, 9.17) is 11.6 Å². The number of nitrogens with zero attached hydrogens (tertiary/aromatic N) is 1. The van der Waals surface area contributed by atoms with E-state index in [2.05, 4.69) is 29.4 Å². The molecular formula is C15H17ClN2. The van der Waals surface area contributed by atoms with Crippen LogP contribution >= 0.6 is 11.6 Å². The number of benzene rings is 1. The molecule has 1 aromatic carbocycles. The number of halogens is 1. The molecule has 3 heteroatoms. The molecule has 2 aromatic rings. The van der Waals surface area contributed by atoms with Crippen LogP contribution in [0.15, 0.2) is 36.4 Å². The van der Waals surface area contributed by atoms with Gasteiger partial charge in [0.05, 0.1) is 5.69 Å². The fraction of sp³-hybridized carbons (Fsp3) is 0.267. The molecule has 0 atom stereocenters. The molecule has 1 N–H and O–H groups in total. The van der Waals surface area contributed by atoms with Crippen LogP contribution in [0.5, 0.6) is 0 Å². The van der Waals surface area contributed by atoms with E-state index in [1.807, 2.05) is 31.2 Å². The molecule has 18 heavy (non-hydrogen) atoms. The van der Waals surface area contributed by atoms with E-state index >= 15 is 0 Å². The molecule has 0 aliphatic heterocycles. The van der Waals surface area contributed by atoms with Gasteiger partial charge in [-0.3, -0.25) is 4.98 Å². The molecule has 2 nitrogen and oxygen atoms in total. The number of hydrogen-bond donors (Lipinski definition) is 1. The maximum atomic E-state index is 5.88. The van der Waals surface area contributed by atoms with Crippen molar-refractivity contribution in [2.45, 2.75) is 20.4 Å². The largest absolute Gasteiger partial charge is 0.313 e. The molecule has 0 aliphatic rings. The van der Waals surface area contributed by atoms with Crippen LogP contribution in [0, 0.1) is 6.92 Å². The Labute approximate surface area is 113 Å². The van der Waals surface area contributed by atoms with Gasteiger partial charge >= 0.3 is 0 Å². The monoisotopic (exact) mass is 260 g/mol. The lowest BCUT2D eigenvalue weighted by Crippen LogP contribution is -2.13. The average Bonchev–Trinajstić information content (AvgIpc) is 2.38. The molecule has 0 spiro atoms. The first-order valence-corrected chi connectivity index (χ1v) is 6.51. The number of aryl methyl sites for hydroxylation is 1. The summed E-state index contributed by atoms with van der Waals surface area (Å²) in [6.07, 6.45) is 0. The van der Waals surface area contributed by atoms with Crippen molar-refractivity contribution < 1.29 is 0 Å². The van der Waals surface area contributed by atoms with Gasteiger partial charge in [0.2, 0.25) is 0 Å². The first-order chi connectivity index (χ1) is 8.70. The van der Waals surface area contributed by atoms with Crippen LogP contribution in [0.25, 0.3) is 11.3 Å². The summed E-state index contributed by atoms with van der Waals surface area (Å²) in [5.41, 5.74) is 4.40. The molecule has 0 unspecified atom stereocenters. The van der Waals surface area contributed by atoms with Crippen molar-refractivity contribution in [3.05, 3.63) is 52.7 Å². The maximum Gasteiger partial charge on any atom is 0.0705 e. The van der Waals surface area contributed by atoms with Gasteiger partial charge in [0.1, 0.15) is 0 Å². The SMILES string of the molecule is CCNCc1ccc(-c2ccc(Cl)cc2)nc1C. The molecule has 94 valence electrons. The van der Waals surface area contributed by atoms with Gasteiger partial charge in [0, 0.05) is 22.8 Å². The third-order valence-corrected chi connectivity index (χ3v) is 3.15. The van der Waals surface area contributed by atoms with Crippen LogP contribution in [-0.2, 0) is 6.54 Å². The standard InChI is InChI=1S/C15H17ClN2/c1-3-17-10-13-6-9-15(18-11(13)2)12-4-7-14(16)8-5-12/h4-9,17H,3,10H2,1-2H3. The molecule has 1 aromatic heterocycles. The molecule has 1 heterocycles. The smallest absolute Gasteiger partial charge is 0.0705 e. The van der Waals surface area contributed by atoms with Crippen LogP contribution in [-0.4, -0.2) is 11.5 Å². The van der Waals surface area contributed by atoms with Gasteiger partial charge < -0.3 is 5.32 Å². The Bertz CT molecular complexity index is 521. The van der Waals surface area contributed by atoms with E-state index in [0.717, 1.165) is 35.1 Å². The van der Waals surface area contributed by atoms with Crippen molar-refractivity contribution in [2.75, 3.05) is 6.54 Å². The van der Waals surface area contributed by atoms with Gasteiger partial charge in [0.15, 0.2) is 0 Å². The van der Waals surface area contributed by atoms with Gasteiger partial charge in [-0.15, -0.1) is 0 Å². The van der Waals surface area contributed by atoms with Gasteiger partial charge in [-0.2, -0.15) is 0 Å². The molecule has 0 fully saturated rings. The number of aromatic nitrogens is 1. The van der Waals surface area contributed by atoms with Crippen LogP contribution in [0.1, 0.15) is 18.2 Å². The normalized spacial score (nSPS) is 10.6. The predicted molar refractivity (Wildman–Crippen MR) is 76.8 cm³/mol. The van der Waals surface area contributed by atoms with Crippen LogP contribution in [0.2, 0.25) is 5.02 Å². The summed E-state index contributed by atoms with van der Waals surface area (Å²) in [7, 11) is 0. The van der Waals surface area contributed by atoms with E-state index in [-0.39, 0.29) is 0 Å².